The second kappa shape index (κ2) is 5.08. The normalized spacial score (nSPS) is 19.9. The third-order valence-corrected chi connectivity index (χ3v) is 1.26. The second-order valence-electron chi connectivity index (χ2n) is 2.44. The Kier molecular flexibility index (Phi) is 4.43. The highest BCUT2D eigenvalue weighted by atomic mass is 16.6. The molecular weight excluding hydrogens is 176 g/mol. The molecule has 5 nitrogen and oxygen atoms in total. The van der Waals surface area contributed by atoms with Crippen molar-refractivity contribution in [3.63, 3.8) is 0 Å². The van der Waals surface area contributed by atoms with E-state index in [1.807, 2.05) is 0 Å². The predicted octanol–water partition coefficient (Wildman–Crippen LogP) is 0.353. The Morgan fingerprint density at radius 3 is 2.23 bits per heavy atom. The van der Waals surface area contributed by atoms with Gasteiger partial charge in [0, 0.05) is 6.08 Å². The molecule has 0 aromatic heterocycles. The number of ether oxygens (including phenoxy) is 1. The van der Waals surface area contributed by atoms with Gasteiger partial charge in [-0.15, -0.1) is 0 Å². The molecule has 0 amide bonds. The number of aliphatic carboxylic acids is 1. The Morgan fingerprint density at radius 2 is 2.15 bits per heavy atom. The van der Waals surface area contributed by atoms with Gasteiger partial charge < -0.3 is 9.84 Å². The van der Waals surface area contributed by atoms with Gasteiger partial charge in [0.2, 0.25) is 0 Å². The number of cyclic esters (lactones) is 2. The molecular formula is C8H10O5. The molecule has 0 spiro atoms. The number of rotatable bonds is 1. The SMILES string of the molecule is C=CC(=O)O.CC1CC(=O)OC1=O. The van der Waals surface area contributed by atoms with Crippen LogP contribution in [0.5, 0.6) is 0 Å². The molecule has 72 valence electrons. The molecule has 1 aliphatic heterocycles. The van der Waals surface area contributed by atoms with Crippen molar-refractivity contribution in [1.29, 1.82) is 0 Å². The highest BCUT2D eigenvalue weighted by Gasteiger charge is 2.28. The van der Waals surface area contributed by atoms with Crippen molar-refractivity contribution in [3.05, 3.63) is 12.7 Å². The maximum atomic E-state index is 10.3. The van der Waals surface area contributed by atoms with Crippen molar-refractivity contribution in [2.24, 2.45) is 5.92 Å². The van der Waals surface area contributed by atoms with Crippen molar-refractivity contribution in [3.8, 4) is 0 Å². The van der Waals surface area contributed by atoms with Gasteiger partial charge in [-0.2, -0.15) is 0 Å². The van der Waals surface area contributed by atoms with Gasteiger partial charge in [-0.05, 0) is 0 Å². The summed E-state index contributed by atoms with van der Waals surface area (Å²) in [5, 5.41) is 7.60. The van der Waals surface area contributed by atoms with Gasteiger partial charge in [0.15, 0.2) is 0 Å². The van der Waals surface area contributed by atoms with Crippen LogP contribution in [0.15, 0.2) is 12.7 Å². The van der Waals surface area contributed by atoms with E-state index in [1.165, 1.54) is 0 Å². The third kappa shape index (κ3) is 4.73. The van der Waals surface area contributed by atoms with E-state index in [-0.39, 0.29) is 12.3 Å². The Labute approximate surface area is 75.0 Å². The van der Waals surface area contributed by atoms with Crippen LogP contribution < -0.4 is 0 Å². The maximum Gasteiger partial charge on any atom is 0.327 e. The fraction of sp³-hybridized carbons (Fsp3) is 0.375. The van der Waals surface area contributed by atoms with Crippen LogP contribution in [0.4, 0.5) is 0 Å². The summed E-state index contributed by atoms with van der Waals surface area (Å²) in [6.07, 6.45) is 1.08. The number of carbonyl (C=O) groups excluding carboxylic acids is 2. The van der Waals surface area contributed by atoms with Crippen LogP contribution in [-0.4, -0.2) is 23.0 Å². The van der Waals surface area contributed by atoms with Crippen LogP contribution in [0, 0.1) is 5.92 Å². The van der Waals surface area contributed by atoms with E-state index in [0.29, 0.717) is 0 Å². The molecule has 0 aromatic rings. The van der Waals surface area contributed by atoms with Crippen molar-refractivity contribution >= 4 is 17.9 Å². The van der Waals surface area contributed by atoms with Crippen LogP contribution in [0.3, 0.4) is 0 Å². The summed E-state index contributed by atoms with van der Waals surface area (Å²) >= 11 is 0. The number of carboxylic acids is 1. The topological polar surface area (TPSA) is 80.7 Å². The molecule has 1 saturated heterocycles. The lowest BCUT2D eigenvalue weighted by Crippen LogP contribution is -2.01. The molecule has 1 aliphatic rings. The van der Waals surface area contributed by atoms with Gasteiger partial charge in [0.1, 0.15) is 0 Å². The zero-order valence-electron chi connectivity index (χ0n) is 7.15. The fourth-order valence-electron chi connectivity index (χ4n) is 0.588. The van der Waals surface area contributed by atoms with Gasteiger partial charge in [-0.3, -0.25) is 9.59 Å². The quantitative estimate of drug-likeness (QED) is 0.363. The molecule has 0 aromatic carbocycles. The van der Waals surface area contributed by atoms with Gasteiger partial charge in [0.25, 0.3) is 0 Å². The number of hydrogen-bond acceptors (Lipinski definition) is 4. The summed E-state index contributed by atoms with van der Waals surface area (Å²) in [5.74, 6) is -2.00. The molecule has 1 rings (SSSR count). The molecule has 1 heterocycles. The molecule has 1 atom stereocenters. The average Bonchev–Trinajstić information content (AvgIpc) is 2.31. The van der Waals surface area contributed by atoms with Gasteiger partial charge >= 0.3 is 17.9 Å². The Hall–Kier alpha value is -1.65. The van der Waals surface area contributed by atoms with E-state index in [1.54, 1.807) is 6.92 Å². The van der Waals surface area contributed by atoms with Crippen LogP contribution >= 0.6 is 0 Å². The third-order valence-electron chi connectivity index (χ3n) is 1.26. The lowest BCUT2D eigenvalue weighted by molar-refractivity contribution is -0.153. The number of esters is 2. The number of carbonyl (C=O) groups is 3. The minimum absolute atomic E-state index is 0.220. The highest BCUT2D eigenvalue weighted by molar-refractivity contribution is 5.94. The van der Waals surface area contributed by atoms with Crippen LogP contribution in [0.1, 0.15) is 13.3 Å². The summed E-state index contributed by atoms with van der Waals surface area (Å²) in [6, 6.07) is 0. The largest absolute Gasteiger partial charge is 0.478 e. The summed E-state index contributed by atoms with van der Waals surface area (Å²) in [5.41, 5.74) is 0. The van der Waals surface area contributed by atoms with Gasteiger partial charge in [-0.1, -0.05) is 13.5 Å². The summed E-state index contributed by atoms with van der Waals surface area (Å²) in [4.78, 5) is 29.8. The smallest absolute Gasteiger partial charge is 0.327 e. The molecule has 1 unspecified atom stereocenters. The molecule has 0 aliphatic carbocycles. The standard InChI is InChI=1S/C5H6O3.C3H4O2/c1-3-2-4(6)8-5(3)7;1-2-3(4)5/h3H,2H2,1H3;2H,1H2,(H,4,5). The van der Waals surface area contributed by atoms with E-state index in [2.05, 4.69) is 11.3 Å². The molecule has 13 heavy (non-hydrogen) atoms. The first-order valence-corrected chi connectivity index (χ1v) is 3.57. The van der Waals surface area contributed by atoms with E-state index >= 15 is 0 Å². The van der Waals surface area contributed by atoms with E-state index < -0.39 is 17.9 Å². The molecule has 1 N–H and O–H groups in total. The van der Waals surface area contributed by atoms with E-state index in [9.17, 15) is 14.4 Å². The van der Waals surface area contributed by atoms with Crippen molar-refractivity contribution in [2.75, 3.05) is 0 Å². The van der Waals surface area contributed by atoms with E-state index in [0.717, 1.165) is 6.08 Å². The predicted molar refractivity (Wildman–Crippen MR) is 42.7 cm³/mol. The lowest BCUT2D eigenvalue weighted by Gasteiger charge is -1.86. The van der Waals surface area contributed by atoms with Crippen molar-refractivity contribution in [1.82, 2.24) is 0 Å². The highest BCUT2D eigenvalue weighted by Crippen LogP contribution is 2.13. The zero-order chi connectivity index (χ0) is 10.4. The van der Waals surface area contributed by atoms with E-state index in [4.69, 9.17) is 5.11 Å². The van der Waals surface area contributed by atoms with Crippen molar-refractivity contribution in [2.45, 2.75) is 13.3 Å². The van der Waals surface area contributed by atoms with Gasteiger partial charge in [-0.25, -0.2) is 4.79 Å². The van der Waals surface area contributed by atoms with Crippen molar-refractivity contribution < 1.29 is 24.2 Å². The summed E-state index contributed by atoms with van der Waals surface area (Å²) in [7, 11) is 0. The Bertz CT molecular complexity index is 243. The molecule has 5 heteroatoms. The molecule has 0 saturated carbocycles. The van der Waals surface area contributed by atoms with Gasteiger partial charge in [0.05, 0.1) is 12.3 Å². The zero-order valence-corrected chi connectivity index (χ0v) is 7.15. The van der Waals surface area contributed by atoms with Crippen LogP contribution in [0.2, 0.25) is 0 Å². The number of hydrogen-bond donors (Lipinski definition) is 1. The second-order valence-corrected chi connectivity index (χ2v) is 2.44. The van der Waals surface area contributed by atoms with Crippen LogP contribution in [-0.2, 0) is 19.1 Å². The molecule has 0 radical (unpaired) electrons. The Morgan fingerprint density at radius 1 is 1.69 bits per heavy atom. The number of carboxylic acid groups (broad SMARTS) is 1. The minimum atomic E-state index is -0.981. The first kappa shape index (κ1) is 11.4. The summed E-state index contributed by atoms with van der Waals surface area (Å²) in [6.45, 7) is 4.63. The fourth-order valence-corrected chi connectivity index (χ4v) is 0.588. The minimum Gasteiger partial charge on any atom is -0.478 e. The molecule has 1 fully saturated rings. The average molecular weight is 186 g/mol. The summed E-state index contributed by atoms with van der Waals surface area (Å²) < 4.78 is 4.20. The molecule has 0 bridgehead atoms. The first-order valence-electron chi connectivity index (χ1n) is 3.57. The Balaban J connectivity index is 0.000000252. The maximum absolute atomic E-state index is 10.3. The lowest BCUT2D eigenvalue weighted by atomic mass is 10.1. The van der Waals surface area contributed by atoms with Crippen LogP contribution in [0.25, 0.3) is 0 Å². The monoisotopic (exact) mass is 186 g/mol. The first-order chi connectivity index (χ1) is 5.97.